The van der Waals surface area contributed by atoms with E-state index in [2.05, 4.69) is 37.2 Å². The van der Waals surface area contributed by atoms with Crippen molar-refractivity contribution in [1.29, 1.82) is 0 Å². The molecule has 73 heavy (non-hydrogen) atoms. The Morgan fingerprint density at radius 2 is 1.15 bits per heavy atom. The van der Waals surface area contributed by atoms with Gasteiger partial charge in [-0.1, -0.05) is 20.3 Å². The van der Waals surface area contributed by atoms with Crippen LogP contribution in [0.3, 0.4) is 0 Å². The summed E-state index contributed by atoms with van der Waals surface area (Å²) in [6, 6.07) is -14.1. The number of likely N-dealkylation sites (tertiary alicyclic amines) is 2. The number of hydrogen-bond donors (Lipinski definition) is 15. The lowest BCUT2D eigenvalue weighted by molar-refractivity contribution is -0.281. The summed E-state index contributed by atoms with van der Waals surface area (Å²) >= 11 is 0. The topological polar surface area (TPSA) is 447 Å². The average molecular weight is 1050 g/mol. The molecule has 0 aromatic heterocycles. The zero-order valence-corrected chi connectivity index (χ0v) is 41.9. The molecule has 3 rings (SSSR count). The molecule has 414 valence electrons. The van der Waals surface area contributed by atoms with Crippen LogP contribution < -0.4 is 43.0 Å². The number of nitrogens with zero attached hydrogens (tertiary/aromatic N) is 2. The molecule has 0 radical (unpaired) electrons. The van der Waals surface area contributed by atoms with E-state index in [0.29, 0.717) is 12.8 Å². The molecule has 0 saturated carbocycles. The maximum absolute atomic E-state index is 14.5. The Labute approximate surface area is 421 Å². The van der Waals surface area contributed by atoms with Crippen molar-refractivity contribution < 1.29 is 93.2 Å². The summed E-state index contributed by atoms with van der Waals surface area (Å²) in [5.74, 6) is -10.0. The van der Waals surface area contributed by atoms with Crippen molar-refractivity contribution in [3.63, 3.8) is 0 Å². The Morgan fingerprint density at radius 3 is 1.64 bits per heavy atom. The van der Waals surface area contributed by atoms with Crippen LogP contribution in [-0.4, -0.2) is 235 Å². The summed E-state index contributed by atoms with van der Waals surface area (Å²) in [6.45, 7) is 6.43. The second kappa shape index (κ2) is 28.1. The molecule has 3 aliphatic rings. The molecule has 0 unspecified atom stereocenters. The molecule has 29 heteroatoms. The van der Waals surface area contributed by atoms with Gasteiger partial charge in [0.15, 0.2) is 6.29 Å². The highest BCUT2D eigenvalue weighted by Crippen LogP contribution is 2.25. The number of primary amides is 1. The maximum atomic E-state index is 14.5. The molecule has 29 nitrogen and oxygen atoms in total. The Hall–Kier alpha value is -5.66. The maximum Gasteiger partial charge on any atom is 0.248 e. The first-order chi connectivity index (χ1) is 34.2. The number of carbonyl (C=O) groups excluding carboxylic acids is 10. The van der Waals surface area contributed by atoms with E-state index in [-0.39, 0.29) is 32.4 Å². The van der Waals surface area contributed by atoms with Gasteiger partial charge in [-0.2, -0.15) is 0 Å². The molecule has 3 saturated heterocycles. The summed E-state index contributed by atoms with van der Waals surface area (Å²) in [5.41, 5.74) is 5.24. The molecule has 3 aliphatic heterocycles. The van der Waals surface area contributed by atoms with Crippen LogP contribution in [0.2, 0.25) is 0 Å². The SMILES string of the molecule is CC[C@H](C)[C@H](NC(=O)[C@@H]1CCCN1C(=O)[C@@H](NC(=O)[C@@H](NC(=O)[C@H](CO)NC(=O)[C@@H]1CCCN1C(C)=O)[C@@H](C)O[C@H]1O[C@H](CO)[C@H](O)[C@H](O)[C@H]1NC(C)=O)[C@@H](C)O)C(=O)N[C@@H](CO)C(=O)N[C@H](C(N)=O)[C@@H](C)O. The fourth-order valence-electron chi connectivity index (χ4n) is 8.61. The van der Waals surface area contributed by atoms with Crippen LogP contribution in [0.4, 0.5) is 0 Å². The molecule has 3 fully saturated rings. The molecule has 3 heterocycles. The number of carbonyl (C=O) groups is 10. The molecule has 0 aliphatic carbocycles. The number of ether oxygens (including phenoxy) is 2. The number of rotatable bonds is 25. The summed E-state index contributed by atoms with van der Waals surface area (Å²) < 4.78 is 11.6. The minimum absolute atomic E-state index is 0.0253. The number of hydrogen-bond acceptors (Lipinski definition) is 19. The highest BCUT2D eigenvalue weighted by molar-refractivity contribution is 5.98. The number of aliphatic hydroxyl groups excluding tert-OH is 7. The van der Waals surface area contributed by atoms with Crippen LogP contribution in [0.1, 0.15) is 80.6 Å². The minimum Gasteiger partial charge on any atom is -0.394 e. The Morgan fingerprint density at radius 1 is 0.658 bits per heavy atom. The predicted molar refractivity (Wildman–Crippen MR) is 249 cm³/mol. The number of amides is 10. The third kappa shape index (κ3) is 16.2. The smallest absolute Gasteiger partial charge is 0.248 e. The van der Waals surface area contributed by atoms with Crippen LogP contribution in [0.5, 0.6) is 0 Å². The first-order valence-electron chi connectivity index (χ1n) is 24.1. The van der Waals surface area contributed by atoms with Gasteiger partial charge in [0, 0.05) is 26.9 Å². The first-order valence-corrected chi connectivity index (χ1v) is 24.1. The zero-order valence-electron chi connectivity index (χ0n) is 41.9. The van der Waals surface area contributed by atoms with Crippen LogP contribution in [-0.2, 0) is 57.4 Å². The van der Waals surface area contributed by atoms with E-state index < -0.39 is 182 Å². The molecular weight excluding hydrogens is 973 g/mol. The number of nitrogens with two attached hydrogens (primary N) is 1. The Kier molecular flexibility index (Phi) is 23.8. The molecule has 10 amide bonds. The third-order valence-electron chi connectivity index (χ3n) is 13.0. The van der Waals surface area contributed by atoms with Gasteiger partial charge in [0.05, 0.1) is 38.1 Å². The molecular formula is C44H74N10O19. The van der Waals surface area contributed by atoms with Crippen LogP contribution in [0.15, 0.2) is 0 Å². The van der Waals surface area contributed by atoms with Gasteiger partial charge in [-0.05, 0) is 52.4 Å². The van der Waals surface area contributed by atoms with Gasteiger partial charge in [0.2, 0.25) is 59.1 Å². The normalized spacial score (nSPS) is 26.0. The van der Waals surface area contributed by atoms with Crippen molar-refractivity contribution in [2.24, 2.45) is 11.7 Å². The van der Waals surface area contributed by atoms with Crippen LogP contribution >= 0.6 is 0 Å². The zero-order chi connectivity index (χ0) is 55.2. The third-order valence-corrected chi connectivity index (χ3v) is 13.0. The second-order valence-electron chi connectivity index (χ2n) is 18.5. The van der Waals surface area contributed by atoms with Crippen LogP contribution in [0.25, 0.3) is 0 Å². The van der Waals surface area contributed by atoms with Crippen molar-refractivity contribution in [3.8, 4) is 0 Å². The first kappa shape index (κ1) is 61.6. The standard InChI is InChI=1S/C44H74N10O19/c1-8-18(2)29(41(69)48-25(16-56)37(65)50-30(19(3)58)36(45)64)49-40(68)27-12-10-14-54(27)43(71)31(20(4)59)51-42(70)32(21(5)72-44-33(46-22(6)60)35(63)34(62)28(17-57)73-44)52-38(66)24(15-55)47-39(67)26-11-9-13-53(26)23(7)61/h18-21,24-35,44,55-59,62-63H,8-17H2,1-7H3,(H2,45,64)(H,46,60)(H,47,67)(H,48,69)(H,49,68)(H,50,65)(H,51,70)(H,52,66)/t18-,19+,20+,21+,24-,25-,26-,27-,28+,29-,30-,31-,32-,33+,34-,35+,44-/m0/s1. The van der Waals surface area contributed by atoms with Crippen LogP contribution in [0, 0.1) is 5.92 Å². The second-order valence-corrected chi connectivity index (χ2v) is 18.5. The van der Waals surface area contributed by atoms with E-state index in [1.807, 2.05) is 0 Å². The van der Waals surface area contributed by atoms with Gasteiger partial charge in [-0.25, -0.2) is 0 Å². The van der Waals surface area contributed by atoms with E-state index in [4.69, 9.17) is 15.2 Å². The fourth-order valence-corrected chi connectivity index (χ4v) is 8.61. The molecule has 16 N–H and O–H groups in total. The largest absolute Gasteiger partial charge is 0.394 e. The highest BCUT2D eigenvalue weighted by atomic mass is 16.7. The number of nitrogens with one attached hydrogen (secondary N) is 7. The monoisotopic (exact) mass is 1050 g/mol. The average Bonchev–Trinajstić information content (AvgIpc) is 4.04. The summed E-state index contributed by atoms with van der Waals surface area (Å²) in [4.78, 5) is 135. The quantitative estimate of drug-likeness (QED) is 0.0404. The van der Waals surface area contributed by atoms with E-state index in [0.717, 1.165) is 18.7 Å². The minimum atomic E-state index is -1.96. The van der Waals surface area contributed by atoms with E-state index in [1.54, 1.807) is 13.8 Å². The molecule has 0 spiro atoms. The van der Waals surface area contributed by atoms with Crippen molar-refractivity contribution in [1.82, 2.24) is 47.0 Å². The Bertz CT molecular complexity index is 1980. The van der Waals surface area contributed by atoms with Gasteiger partial charge in [0.25, 0.3) is 0 Å². The highest BCUT2D eigenvalue weighted by Gasteiger charge is 2.48. The fraction of sp³-hybridized carbons (Fsp3) is 0.773. The lowest BCUT2D eigenvalue weighted by Crippen LogP contribution is -2.67. The molecule has 0 aromatic rings. The molecule has 0 bridgehead atoms. The van der Waals surface area contributed by atoms with E-state index >= 15 is 0 Å². The Balaban J connectivity index is 1.93. The molecule has 17 atom stereocenters. The summed E-state index contributed by atoms with van der Waals surface area (Å²) in [7, 11) is 0. The van der Waals surface area contributed by atoms with Gasteiger partial charge >= 0.3 is 0 Å². The van der Waals surface area contributed by atoms with Gasteiger partial charge in [-0.3, -0.25) is 47.9 Å². The summed E-state index contributed by atoms with van der Waals surface area (Å²) in [5, 5.41) is 88.9. The predicted octanol–water partition coefficient (Wildman–Crippen LogP) is -8.48. The van der Waals surface area contributed by atoms with Crippen molar-refractivity contribution in [3.05, 3.63) is 0 Å². The molecule has 0 aromatic carbocycles. The van der Waals surface area contributed by atoms with Gasteiger partial charge < -0.3 is 98.0 Å². The van der Waals surface area contributed by atoms with E-state index in [1.165, 1.54) is 25.7 Å². The lowest BCUT2D eigenvalue weighted by atomic mass is 9.96. The lowest BCUT2D eigenvalue weighted by Gasteiger charge is -2.43. The van der Waals surface area contributed by atoms with E-state index in [9.17, 15) is 83.7 Å². The van der Waals surface area contributed by atoms with Crippen molar-refractivity contribution in [2.75, 3.05) is 32.9 Å². The van der Waals surface area contributed by atoms with Gasteiger partial charge in [-0.15, -0.1) is 0 Å². The summed E-state index contributed by atoms with van der Waals surface area (Å²) in [6.07, 6.45) is -10.3. The van der Waals surface area contributed by atoms with Crippen molar-refractivity contribution >= 4 is 59.1 Å². The number of aliphatic hydroxyl groups is 7. The van der Waals surface area contributed by atoms with Gasteiger partial charge in [0.1, 0.15) is 72.7 Å². The van der Waals surface area contributed by atoms with Crippen molar-refractivity contribution in [2.45, 2.75) is 178 Å².